The van der Waals surface area contributed by atoms with Gasteiger partial charge in [0, 0.05) is 24.2 Å². The number of hydrogen-bond donors (Lipinski definition) is 1. The fourth-order valence-corrected chi connectivity index (χ4v) is 6.00. The van der Waals surface area contributed by atoms with Crippen molar-refractivity contribution in [2.75, 3.05) is 0 Å². The molecule has 1 fully saturated rings. The molecule has 3 rings (SSSR count). The van der Waals surface area contributed by atoms with Gasteiger partial charge in [0.15, 0.2) is 0 Å². The molecule has 2 aliphatic carbocycles. The Morgan fingerprint density at radius 2 is 1.81 bits per heavy atom. The zero-order chi connectivity index (χ0) is 27.5. The summed E-state index contributed by atoms with van der Waals surface area (Å²) in [6.07, 6.45) is 10.0. The van der Waals surface area contributed by atoms with Crippen LogP contribution in [0.15, 0.2) is 23.8 Å². The molecule has 0 bridgehead atoms. The number of allylic oxidation sites excluding steroid dienone is 3. The standard InChI is InChI=1S/C31H48O6/c1-8-30(4,5)26(33)13-14-31(6,7)29(35)37-25-16-19(2)15-21-10-9-20(3)24(28(21)25)12-11-23-17-22(32)18-27(34)36-23/h9-10,15,19-20,22-25,28,32H,8,11-14,16-18H2,1-7H3/t19-,20-,22+,23-,24-,25-,28-/m1/s1. The molecular weight excluding hydrogens is 468 g/mol. The summed E-state index contributed by atoms with van der Waals surface area (Å²) in [5.41, 5.74) is 0.0964. The van der Waals surface area contributed by atoms with Gasteiger partial charge in [-0.3, -0.25) is 14.4 Å². The molecule has 0 aromatic carbocycles. The molecule has 3 aliphatic rings. The number of cyclic esters (lactones) is 1. The van der Waals surface area contributed by atoms with Gasteiger partial charge in [-0.25, -0.2) is 0 Å². The highest BCUT2D eigenvalue weighted by atomic mass is 16.6. The molecule has 0 unspecified atom stereocenters. The monoisotopic (exact) mass is 516 g/mol. The van der Waals surface area contributed by atoms with Gasteiger partial charge in [0.2, 0.25) is 0 Å². The highest BCUT2D eigenvalue weighted by molar-refractivity contribution is 5.85. The van der Waals surface area contributed by atoms with Crippen LogP contribution < -0.4 is 0 Å². The summed E-state index contributed by atoms with van der Waals surface area (Å²) in [5.74, 6) is 0.540. The van der Waals surface area contributed by atoms with Crippen LogP contribution in [-0.2, 0) is 23.9 Å². The van der Waals surface area contributed by atoms with Crippen LogP contribution in [0.4, 0.5) is 0 Å². The predicted octanol–water partition coefficient (Wildman–Crippen LogP) is 5.96. The molecule has 0 aromatic heterocycles. The molecule has 1 heterocycles. The van der Waals surface area contributed by atoms with Gasteiger partial charge in [-0.15, -0.1) is 0 Å². The van der Waals surface area contributed by atoms with Crippen LogP contribution in [0.1, 0.15) is 99.8 Å². The van der Waals surface area contributed by atoms with Crippen molar-refractivity contribution in [1.29, 1.82) is 0 Å². The smallest absolute Gasteiger partial charge is 0.311 e. The van der Waals surface area contributed by atoms with Crippen molar-refractivity contribution < 1.29 is 29.0 Å². The maximum absolute atomic E-state index is 13.5. The van der Waals surface area contributed by atoms with Crippen molar-refractivity contribution in [2.24, 2.45) is 34.5 Å². The Morgan fingerprint density at radius 3 is 2.46 bits per heavy atom. The van der Waals surface area contributed by atoms with Crippen LogP contribution in [-0.4, -0.2) is 41.1 Å². The summed E-state index contributed by atoms with van der Waals surface area (Å²) in [4.78, 5) is 38.0. The summed E-state index contributed by atoms with van der Waals surface area (Å²) in [6, 6.07) is 0. The van der Waals surface area contributed by atoms with E-state index in [9.17, 15) is 19.5 Å². The molecule has 6 nitrogen and oxygen atoms in total. The second-order valence-electron chi connectivity index (χ2n) is 13.1. The lowest BCUT2D eigenvalue weighted by atomic mass is 9.65. The fourth-order valence-electron chi connectivity index (χ4n) is 6.00. The maximum atomic E-state index is 13.5. The Hall–Kier alpha value is -1.95. The van der Waals surface area contributed by atoms with E-state index < -0.39 is 11.5 Å². The molecule has 208 valence electrons. The Bertz CT molecular complexity index is 913. The molecule has 0 saturated carbocycles. The Kier molecular flexibility index (Phi) is 9.47. The topological polar surface area (TPSA) is 89.9 Å². The highest BCUT2D eigenvalue weighted by Crippen LogP contribution is 2.46. The number of Topliss-reactive ketones (excluding diaryl/α,β-unsaturated/α-hetero) is 1. The van der Waals surface area contributed by atoms with E-state index in [1.165, 1.54) is 5.57 Å². The van der Waals surface area contributed by atoms with Gasteiger partial charge in [-0.2, -0.15) is 0 Å². The second-order valence-corrected chi connectivity index (χ2v) is 13.1. The number of aliphatic hydroxyl groups excluding tert-OH is 1. The lowest BCUT2D eigenvalue weighted by molar-refractivity contribution is -0.166. The average molecular weight is 517 g/mol. The van der Waals surface area contributed by atoms with Gasteiger partial charge >= 0.3 is 11.9 Å². The summed E-state index contributed by atoms with van der Waals surface area (Å²) in [7, 11) is 0. The molecule has 1 saturated heterocycles. The normalized spacial score (nSPS) is 32.3. The first-order chi connectivity index (χ1) is 17.2. The minimum absolute atomic E-state index is 0.0712. The van der Waals surface area contributed by atoms with Gasteiger partial charge in [0.1, 0.15) is 18.0 Å². The van der Waals surface area contributed by atoms with E-state index in [4.69, 9.17) is 9.47 Å². The van der Waals surface area contributed by atoms with Gasteiger partial charge in [0.25, 0.3) is 0 Å². The number of esters is 2. The summed E-state index contributed by atoms with van der Waals surface area (Å²) in [5, 5.41) is 10.0. The zero-order valence-electron chi connectivity index (χ0n) is 23.9. The largest absolute Gasteiger partial charge is 0.462 e. The number of ketones is 1. The minimum Gasteiger partial charge on any atom is -0.462 e. The van der Waals surface area contributed by atoms with Crippen molar-refractivity contribution >= 4 is 17.7 Å². The first-order valence-electron chi connectivity index (χ1n) is 14.3. The van der Waals surface area contributed by atoms with Crippen LogP contribution in [0.3, 0.4) is 0 Å². The van der Waals surface area contributed by atoms with Crippen LogP contribution in [0.2, 0.25) is 0 Å². The molecule has 0 spiro atoms. The Labute approximate surface area is 223 Å². The van der Waals surface area contributed by atoms with E-state index in [1.54, 1.807) is 0 Å². The molecule has 7 atom stereocenters. The number of aliphatic hydroxyl groups is 1. The molecule has 6 heteroatoms. The van der Waals surface area contributed by atoms with E-state index >= 15 is 0 Å². The first-order valence-corrected chi connectivity index (χ1v) is 14.3. The van der Waals surface area contributed by atoms with Crippen molar-refractivity contribution in [2.45, 2.75) is 118 Å². The van der Waals surface area contributed by atoms with Crippen LogP contribution in [0.25, 0.3) is 0 Å². The number of carbonyl (C=O) groups is 3. The van der Waals surface area contributed by atoms with Crippen LogP contribution in [0, 0.1) is 34.5 Å². The van der Waals surface area contributed by atoms with E-state index in [-0.39, 0.29) is 53.6 Å². The third-order valence-corrected chi connectivity index (χ3v) is 9.08. The van der Waals surface area contributed by atoms with Crippen LogP contribution in [0.5, 0.6) is 0 Å². The van der Waals surface area contributed by atoms with E-state index in [0.29, 0.717) is 37.5 Å². The number of ether oxygens (including phenoxy) is 2. The van der Waals surface area contributed by atoms with Gasteiger partial charge in [0.05, 0.1) is 17.9 Å². The van der Waals surface area contributed by atoms with E-state index in [0.717, 1.165) is 19.3 Å². The van der Waals surface area contributed by atoms with E-state index in [1.807, 2.05) is 34.6 Å². The maximum Gasteiger partial charge on any atom is 0.311 e. The zero-order valence-corrected chi connectivity index (χ0v) is 23.9. The molecular formula is C31H48O6. The predicted molar refractivity (Wildman–Crippen MR) is 143 cm³/mol. The molecule has 0 aromatic rings. The Morgan fingerprint density at radius 1 is 1.11 bits per heavy atom. The number of carbonyl (C=O) groups excluding carboxylic acids is 3. The second kappa shape index (κ2) is 11.8. The Balaban J connectivity index is 1.71. The lowest BCUT2D eigenvalue weighted by Crippen LogP contribution is -2.43. The first kappa shape index (κ1) is 29.6. The van der Waals surface area contributed by atoms with Crippen molar-refractivity contribution in [3.05, 3.63) is 23.8 Å². The molecule has 1 N–H and O–H groups in total. The third-order valence-electron chi connectivity index (χ3n) is 9.08. The molecule has 0 amide bonds. The molecule has 37 heavy (non-hydrogen) atoms. The number of rotatable bonds is 10. The van der Waals surface area contributed by atoms with E-state index in [2.05, 4.69) is 32.1 Å². The molecule has 1 aliphatic heterocycles. The van der Waals surface area contributed by atoms with Crippen molar-refractivity contribution in [1.82, 2.24) is 0 Å². The minimum atomic E-state index is -0.748. The van der Waals surface area contributed by atoms with Gasteiger partial charge in [-0.05, 0) is 69.3 Å². The average Bonchev–Trinajstić information content (AvgIpc) is 2.81. The SMILES string of the molecule is CCC(C)(C)C(=O)CCC(C)(C)C(=O)O[C@@H]1C[C@H](C)C=C2C=C[C@@H](C)[C@@H](CC[C@@H]3C[C@H](O)CC(=O)O3)[C@@H]21. The number of hydrogen-bond acceptors (Lipinski definition) is 6. The third kappa shape index (κ3) is 7.34. The van der Waals surface area contributed by atoms with Gasteiger partial charge in [-0.1, -0.05) is 52.8 Å². The fraction of sp³-hybridized carbons (Fsp3) is 0.774. The summed E-state index contributed by atoms with van der Waals surface area (Å²) >= 11 is 0. The van der Waals surface area contributed by atoms with Crippen LogP contribution >= 0.6 is 0 Å². The quantitative estimate of drug-likeness (QED) is 0.360. The highest BCUT2D eigenvalue weighted by Gasteiger charge is 2.43. The summed E-state index contributed by atoms with van der Waals surface area (Å²) < 4.78 is 11.8. The molecule has 0 radical (unpaired) electrons. The van der Waals surface area contributed by atoms with Crippen molar-refractivity contribution in [3.8, 4) is 0 Å². The lowest BCUT2D eigenvalue weighted by Gasteiger charge is -2.44. The van der Waals surface area contributed by atoms with Crippen molar-refractivity contribution in [3.63, 3.8) is 0 Å². The number of fused-ring (bicyclic) bond motifs is 1. The summed E-state index contributed by atoms with van der Waals surface area (Å²) in [6.45, 7) is 14.1. The van der Waals surface area contributed by atoms with Gasteiger partial charge < -0.3 is 14.6 Å².